The molecule has 0 radical (unpaired) electrons. The van der Waals surface area contributed by atoms with Crippen molar-refractivity contribution < 1.29 is 18.7 Å². The van der Waals surface area contributed by atoms with Crippen molar-refractivity contribution in [3.8, 4) is 17.1 Å². The number of hydrogen-bond donors (Lipinski definition) is 0. The Hall–Kier alpha value is -1.92. The number of hydrogen-bond acceptors (Lipinski definition) is 5. The fraction of sp³-hybridized carbons (Fsp3) is 0.214. The summed E-state index contributed by atoms with van der Waals surface area (Å²) in [6, 6.07) is 5.64. The molecule has 0 atom stereocenters. The second-order valence-electron chi connectivity index (χ2n) is 4.08. The predicted molar refractivity (Wildman–Crippen MR) is 79.6 cm³/mol. The van der Waals surface area contributed by atoms with Gasteiger partial charge < -0.3 is 9.47 Å². The summed E-state index contributed by atoms with van der Waals surface area (Å²) >= 11 is 11.4. The Kier molecular flexibility index (Phi) is 5.51. The smallest absolute Gasteiger partial charge is 0.344 e. The molecular formula is C14H11Cl2FN2O3. The molecule has 0 saturated carbocycles. The summed E-state index contributed by atoms with van der Waals surface area (Å²) in [5.74, 6) is -1.03. The number of halogens is 3. The first-order valence-electron chi connectivity index (χ1n) is 6.28. The third-order valence-corrected chi connectivity index (χ3v) is 3.01. The molecule has 0 bridgehead atoms. The number of carbonyl (C=O) groups is 1. The topological polar surface area (TPSA) is 61.3 Å². The summed E-state index contributed by atoms with van der Waals surface area (Å²) in [6.07, 6.45) is 0. The number of ether oxygens (including phenoxy) is 2. The molecule has 0 saturated heterocycles. The lowest BCUT2D eigenvalue weighted by atomic mass is 10.1. The van der Waals surface area contributed by atoms with Crippen LogP contribution in [0.4, 0.5) is 4.39 Å². The SMILES string of the molecule is CCOC(=O)COc1cc(-c2ccc(Cl)c(F)c2)nc(Cl)n1. The molecule has 0 fully saturated rings. The minimum atomic E-state index is -0.581. The Bertz CT molecular complexity index is 698. The van der Waals surface area contributed by atoms with Gasteiger partial charge in [-0.2, -0.15) is 4.98 Å². The van der Waals surface area contributed by atoms with Crippen molar-refractivity contribution in [2.45, 2.75) is 6.92 Å². The molecule has 22 heavy (non-hydrogen) atoms. The van der Waals surface area contributed by atoms with Crippen molar-refractivity contribution in [1.82, 2.24) is 9.97 Å². The van der Waals surface area contributed by atoms with Crippen LogP contribution in [0.5, 0.6) is 5.88 Å². The number of esters is 1. The van der Waals surface area contributed by atoms with E-state index in [0.29, 0.717) is 11.3 Å². The van der Waals surface area contributed by atoms with Gasteiger partial charge in [0.15, 0.2) is 6.61 Å². The highest BCUT2D eigenvalue weighted by molar-refractivity contribution is 6.30. The van der Waals surface area contributed by atoms with E-state index in [4.69, 9.17) is 32.7 Å². The molecule has 0 aliphatic rings. The van der Waals surface area contributed by atoms with E-state index in [1.54, 1.807) is 13.0 Å². The number of carbonyl (C=O) groups excluding carboxylic acids is 1. The molecule has 1 aromatic heterocycles. The van der Waals surface area contributed by atoms with Crippen LogP contribution >= 0.6 is 23.2 Å². The van der Waals surface area contributed by atoms with Crippen LogP contribution in [0.2, 0.25) is 10.3 Å². The minimum Gasteiger partial charge on any atom is -0.466 e. The van der Waals surface area contributed by atoms with E-state index >= 15 is 0 Å². The molecular weight excluding hydrogens is 334 g/mol. The Morgan fingerprint density at radius 3 is 2.73 bits per heavy atom. The highest BCUT2D eigenvalue weighted by Gasteiger charge is 2.10. The summed E-state index contributed by atoms with van der Waals surface area (Å²) in [4.78, 5) is 19.1. The molecule has 8 heteroatoms. The zero-order valence-corrected chi connectivity index (χ0v) is 13.0. The van der Waals surface area contributed by atoms with Crippen LogP contribution in [0.25, 0.3) is 11.3 Å². The van der Waals surface area contributed by atoms with Gasteiger partial charge in [-0.25, -0.2) is 14.2 Å². The molecule has 1 aromatic carbocycles. The molecule has 1 heterocycles. The maximum absolute atomic E-state index is 13.5. The lowest BCUT2D eigenvalue weighted by molar-refractivity contribution is -0.145. The molecule has 0 aliphatic carbocycles. The van der Waals surface area contributed by atoms with Crippen LogP contribution in [0.1, 0.15) is 6.92 Å². The second kappa shape index (κ2) is 7.38. The van der Waals surface area contributed by atoms with Gasteiger partial charge in [-0.05, 0) is 30.7 Å². The molecule has 0 aliphatic heterocycles. The van der Waals surface area contributed by atoms with Gasteiger partial charge in [0.2, 0.25) is 11.2 Å². The molecule has 0 unspecified atom stereocenters. The summed E-state index contributed by atoms with van der Waals surface area (Å²) in [5, 5.41) is -0.0885. The summed E-state index contributed by atoms with van der Waals surface area (Å²) in [5.41, 5.74) is 0.793. The zero-order valence-electron chi connectivity index (χ0n) is 11.5. The number of rotatable bonds is 5. The van der Waals surface area contributed by atoms with E-state index in [1.807, 2.05) is 0 Å². The molecule has 116 valence electrons. The maximum Gasteiger partial charge on any atom is 0.344 e. The Balaban J connectivity index is 2.22. The second-order valence-corrected chi connectivity index (χ2v) is 4.83. The van der Waals surface area contributed by atoms with Crippen molar-refractivity contribution in [2.24, 2.45) is 0 Å². The lowest BCUT2D eigenvalue weighted by Crippen LogP contribution is -2.15. The van der Waals surface area contributed by atoms with Gasteiger partial charge >= 0.3 is 5.97 Å². The minimum absolute atomic E-state index is 0.00249. The quantitative estimate of drug-likeness (QED) is 0.613. The molecule has 0 N–H and O–H groups in total. The molecule has 0 spiro atoms. The van der Waals surface area contributed by atoms with Crippen molar-refractivity contribution in [1.29, 1.82) is 0 Å². The van der Waals surface area contributed by atoms with Crippen molar-refractivity contribution in [2.75, 3.05) is 13.2 Å². The monoisotopic (exact) mass is 344 g/mol. The van der Waals surface area contributed by atoms with Crippen LogP contribution in [-0.4, -0.2) is 29.2 Å². The van der Waals surface area contributed by atoms with E-state index in [0.717, 1.165) is 0 Å². The number of aromatic nitrogens is 2. The van der Waals surface area contributed by atoms with Crippen LogP contribution in [0.15, 0.2) is 24.3 Å². The summed E-state index contributed by atoms with van der Waals surface area (Å²) in [7, 11) is 0. The number of nitrogens with zero attached hydrogens (tertiary/aromatic N) is 2. The van der Waals surface area contributed by atoms with Gasteiger partial charge in [-0.3, -0.25) is 0 Å². The van der Waals surface area contributed by atoms with Crippen LogP contribution in [0.3, 0.4) is 0 Å². The Morgan fingerprint density at radius 2 is 2.05 bits per heavy atom. The normalized spacial score (nSPS) is 10.4. The first-order chi connectivity index (χ1) is 10.5. The summed E-state index contributed by atoms with van der Waals surface area (Å²) < 4.78 is 23.4. The lowest BCUT2D eigenvalue weighted by Gasteiger charge is -2.07. The Labute approximate surface area is 136 Å². The van der Waals surface area contributed by atoms with Gasteiger partial charge in [-0.1, -0.05) is 17.7 Å². The van der Waals surface area contributed by atoms with E-state index in [-0.39, 0.29) is 29.4 Å². The average Bonchev–Trinajstić information content (AvgIpc) is 2.48. The van der Waals surface area contributed by atoms with Crippen LogP contribution < -0.4 is 4.74 Å². The standard InChI is InChI=1S/C14H11Cl2FN2O3/c1-2-21-13(20)7-22-12-6-11(18-14(16)19-12)8-3-4-9(15)10(17)5-8/h3-6H,2,7H2,1H3. The van der Waals surface area contributed by atoms with Gasteiger partial charge in [0, 0.05) is 11.6 Å². The zero-order chi connectivity index (χ0) is 16.1. The predicted octanol–water partition coefficient (Wildman–Crippen LogP) is 3.53. The molecule has 5 nitrogen and oxygen atoms in total. The largest absolute Gasteiger partial charge is 0.466 e. The van der Waals surface area contributed by atoms with E-state index in [2.05, 4.69) is 9.97 Å². The third-order valence-electron chi connectivity index (χ3n) is 2.53. The van der Waals surface area contributed by atoms with Crippen LogP contribution in [0, 0.1) is 5.82 Å². The van der Waals surface area contributed by atoms with E-state index in [1.165, 1.54) is 18.2 Å². The van der Waals surface area contributed by atoms with E-state index < -0.39 is 11.8 Å². The Morgan fingerprint density at radius 1 is 1.27 bits per heavy atom. The third kappa shape index (κ3) is 4.29. The average molecular weight is 345 g/mol. The fourth-order valence-electron chi connectivity index (χ4n) is 1.61. The molecule has 2 aromatic rings. The van der Waals surface area contributed by atoms with Crippen molar-refractivity contribution in [3.05, 3.63) is 40.4 Å². The van der Waals surface area contributed by atoms with Crippen LogP contribution in [-0.2, 0) is 9.53 Å². The first-order valence-corrected chi connectivity index (χ1v) is 7.03. The molecule has 2 rings (SSSR count). The fourth-order valence-corrected chi connectivity index (χ4v) is 1.90. The van der Waals surface area contributed by atoms with Crippen molar-refractivity contribution in [3.63, 3.8) is 0 Å². The van der Waals surface area contributed by atoms with Gasteiger partial charge in [0.05, 0.1) is 17.3 Å². The number of benzene rings is 1. The summed E-state index contributed by atoms with van der Waals surface area (Å²) in [6.45, 7) is 1.63. The van der Waals surface area contributed by atoms with Gasteiger partial charge in [-0.15, -0.1) is 0 Å². The molecule has 0 amide bonds. The highest BCUT2D eigenvalue weighted by Crippen LogP contribution is 2.26. The first kappa shape index (κ1) is 16.5. The highest BCUT2D eigenvalue weighted by atomic mass is 35.5. The van der Waals surface area contributed by atoms with Crippen molar-refractivity contribution >= 4 is 29.2 Å². The van der Waals surface area contributed by atoms with Gasteiger partial charge in [0.1, 0.15) is 5.82 Å². The van der Waals surface area contributed by atoms with Gasteiger partial charge in [0.25, 0.3) is 0 Å². The van der Waals surface area contributed by atoms with E-state index in [9.17, 15) is 9.18 Å². The maximum atomic E-state index is 13.5.